The van der Waals surface area contributed by atoms with Gasteiger partial charge < -0.3 is 16.0 Å². The summed E-state index contributed by atoms with van der Waals surface area (Å²) in [6, 6.07) is 10.8. The lowest BCUT2D eigenvalue weighted by Gasteiger charge is -2.14. The summed E-state index contributed by atoms with van der Waals surface area (Å²) in [4.78, 5) is 2.02. The molecule has 0 saturated carbocycles. The quantitative estimate of drug-likeness (QED) is 0.839. The second-order valence-electron chi connectivity index (χ2n) is 4.42. The fourth-order valence-corrected chi connectivity index (χ4v) is 2.01. The van der Waals surface area contributed by atoms with E-state index in [0.29, 0.717) is 15.8 Å². The van der Waals surface area contributed by atoms with Gasteiger partial charge in [-0.2, -0.15) is 0 Å². The van der Waals surface area contributed by atoms with E-state index < -0.39 is 0 Å². The zero-order valence-electron chi connectivity index (χ0n) is 10.7. The van der Waals surface area contributed by atoms with Crippen molar-refractivity contribution in [3.05, 3.63) is 46.7 Å². The molecule has 0 spiro atoms. The fourth-order valence-electron chi connectivity index (χ4n) is 1.67. The van der Waals surface area contributed by atoms with E-state index in [4.69, 9.17) is 5.73 Å². The van der Waals surface area contributed by atoms with Crippen molar-refractivity contribution in [3.63, 3.8) is 0 Å². The van der Waals surface area contributed by atoms with Crippen LogP contribution in [0.5, 0.6) is 0 Å². The number of hydrogen-bond donors (Lipinski definition) is 2. The molecule has 0 aromatic heterocycles. The third kappa shape index (κ3) is 3.17. The SMILES string of the molecule is CN(C)c1ccc(Nc2cc(Br)c(F)cc2N)cc1. The van der Waals surface area contributed by atoms with Gasteiger partial charge in [-0.05, 0) is 46.3 Å². The minimum Gasteiger partial charge on any atom is -0.397 e. The van der Waals surface area contributed by atoms with Crippen LogP contribution >= 0.6 is 15.9 Å². The summed E-state index contributed by atoms with van der Waals surface area (Å²) in [5.41, 5.74) is 8.84. The van der Waals surface area contributed by atoms with Crippen molar-refractivity contribution in [1.82, 2.24) is 0 Å². The maximum absolute atomic E-state index is 13.3. The van der Waals surface area contributed by atoms with Crippen LogP contribution in [0.25, 0.3) is 0 Å². The van der Waals surface area contributed by atoms with E-state index in [1.165, 1.54) is 6.07 Å². The molecule has 0 heterocycles. The Labute approximate surface area is 120 Å². The summed E-state index contributed by atoms with van der Waals surface area (Å²) in [6.07, 6.45) is 0. The molecular formula is C14H15BrFN3. The number of nitrogen functional groups attached to an aromatic ring is 1. The molecule has 0 aliphatic carbocycles. The van der Waals surface area contributed by atoms with Crippen LogP contribution in [-0.4, -0.2) is 14.1 Å². The molecule has 0 unspecified atom stereocenters. The minimum absolute atomic E-state index is 0.369. The maximum atomic E-state index is 13.3. The second-order valence-corrected chi connectivity index (χ2v) is 5.27. The molecule has 0 radical (unpaired) electrons. The van der Waals surface area contributed by atoms with Crippen molar-refractivity contribution in [1.29, 1.82) is 0 Å². The van der Waals surface area contributed by atoms with Gasteiger partial charge in [0.15, 0.2) is 0 Å². The molecule has 5 heteroatoms. The van der Waals surface area contributed by atoms with Gasteiger partial charge >= 0.3 is 0 Å². The van der Waals surface area contributed by atoms with Crippen LogP contribution in [0.4, 0.5) is 27.1 Å². The minimum atomic E-state index is -0.369. The molecule has 0 aliphatic rings. The number of nitrogens with one attached hydrogen (secondary N) is 1. The van der Waals surface area contributed by atoms with Gasteiger partial charge in [-0.3, -0.25) is 0 Å². The summed E-state index contributed by atoms with van der Waals surface area (Å²) in [6.45, 7) is 0. The van der Waals surface area contributed by atoms with E-state index in [9.17, 15) is 4.39 Å². The van der Waals surface area contributed by atoms with E-state index >= 15 is 0 Å². The first kappa shape index (κ1) is 13.7. The Kier molecular flexibility index (Phi) is 3.95. The highest BCUT2D eigenvalue weighted by atomic mass is 79.9. The van der Waals surface area contributed by atoms with Crippen molar-refractivity contribution in [2.75, 3.05) is 30.0 Å². The topological polar surface area (TPSA) is 41.3 Å². The number of rotatable bonds is 3. The molecule has 3 nitrogen and oxygen atoms in total. The Morgan fingerprint density at radius 1 is 1.16 bits per heavy atom. The number of anilines is 4. The zero-order chi connectivity index (χ0) is 14.0. The monoisotopic (exact) mass is 323 g/mol. The molecule has 19 heavy (non-hydrogen) atoms. The third-order valence-electron chi connectivity index (χ3n) is 2.76. The molecule has 100 valence electrons. The van der Waals surface area contributed by atoms with E-state index in [1.807, 2.05) is 43.3 Å². The van der Waals surface area contributed by atoms with Gasteiger partial charge in [0.2, 0.25) is 0 Å². The van der Waals surface area contributed by atoms with Crippen molar-refractivity contribution in [2.45, 2.75) is 0 Å². The Hall–Kier alpha value is -1.75. The van der Waals surface area contributed by atoms with Gasteiger partial charge in [-0.25, -0.2) is 4.39 Å². The summed E-state index contributed by atoms with van der Waals surface area (Å²) in [7, 11) is 3.97. The predicted molar refractivity (Wildman–Crippen MR) is 82.6 cm³/mol. The highest BCUT2D eigenvalue weighted by Crippen LogP contribution is 2.29. The zero-order valence-corrected chi connectivity index (χ0v) is 12.3. The Morgan fingerprint density at radius 2 is 1.79 bits per heavy atom. The van der Waals surface area contributed by atoms with Crippen molar-refractivity contribution in [3.8, 4) is 0 Å². The summed E-state index contributed by atoms with van der Waals surface area (Å²) >= 11 is 3.15. The van der Waals surface area contributed by atoms with Crippen molar-refractivity contribution in [2.24, 2.45) is 0 Å². The summed E-state index contributed by atoms with van der Waals surface area (Å²) < 4.78 is 13.7. The lowest BCUT2D eigenvalue weighted by molar-refractivity contribution is 0.622. The largest absolute Gasteiger partial charge is 0.397 e. The lowest BCUT2D eigenvalue weighted by Crippen LogP contribution is -2.08. The number of hydrogen-bond acceptors (Lipinski definition) is 3. The van der Waals surface area contributed by atoms with Gasteiger partial charge in [0.1, 0.15) is 5.82 Å². The molecule has 3 N–H and O–H groups in total. The Bertz CT molecular complexity index is 582. The van der Waals surface area contributed by atoms with Crippen LogP contribution in [-0.2, 0) is 0 Å². The fraction of sp³-hybridized carbons (Fsp3) is 0.143. The van der Waals surface area contributed by atoms with E-state index in [2.05, 4.69) is 21.2 Å². The molecular weight excluding hydrogens is 309 g/mol. The highest BCUT2D eigenvalue weighted by molar-refractivity contribution is 9.10. The molecule has 0 atom stereocenters. The molecule has 0 amide bonds. The molecule has 2 aromatic carbocycles. The van der Waals surface area contributed by atoms with Gasteiger partial charge in [-0.1, -0.05) is 0 Å². The van der Waals surface area contributed by atoms with Crippen LogP contribution in [0.2, 0.25) is 0 Å². The summed E-state index contributed by atoms with van der Waals surface area (Å²) in [5.74, 6) is -0.369. The second kappa shape index (κ2) is 5.48. The molecule has 2 aromatic rings. The van der Waals surface area contributed by atoms with Gasteiger partial charge in [-0.15, -0.1) is 0 Å². The van der Waals surface area contributed by atoms with E-state index in [1.54, 1.807) is 6.07 Å². The number of nitrogens with zero attached hydrogens (tertiary/aromatic N) is 1. The average Bonchev–Trinajstić information content (AvgIpc) is 2.36. The lowest BCUT2D eigenvalue weighted by atomic mass is 10.2. The number of halogens is 2. The van der Waals surface area contributed by atoms with Gasteiger partial charge in [0.25, 0.3) is 0 Å². The molecule has 0 bridgehead atoms. The van der Waals surface area contributed by atoms with Crippen LogP contribution in [0.15, 0.2) is 40.9 Å². The van der Waals surface area contributed by atoms with Gasteiger partial charge in [0.05, 0.1) is 15.8 Å². The first-order valence-corrected chi connectivity index (χ1v) is 6.55. The first-order valence-electron chi connectivity index (χ1n) is 5.76. The Morgan fingerprint density at radius 3 is 2.37 bits per heavy atom. The third-order valence-corrected chi connectivity index (χ3v) is 3.36. The van der Waals surface area contributed by atoms with E-state index in [-0.39, 0.29) is 5.82 Å². The Balaban J connectivity index is 2.24. The standard InChI is InChI=1S/C14H15BrFN3/c1-19(2)10-5-3-9(4-6-10)18-14-7-11(15)12(16)8-13(14)17/h3-8,18H,17H2,1-2H3. The van der Waals surface area contributed by atoms with Crippen LogP contribution < -0.4 is 16.0 Å². The van der Waals surface area contributed by atoms with Crippen molar-refractivity contribution < 1.29 is 4.39 Å². The predicted octanol–water partition coefficient (Wildman–Crippen LogP) is 3.98. The van der Waals surface area contributed by atoms with Crippen LogP contribution in [0, 0.1) is 5.82 Å². The maximum Gasteiger partial charge on any atom is 0.139 e. The van der Waals surface area contributed by atoms with Crippen LogP contribution in [0.3, 0.4) is 0 Å². The normalized spacial score (nSPS) is 10.3. The van der Waals surface area contributed by atoms with Gasteiger partial charge in [0, 0.05) is 31.5 Å². The molecule has 0 saturated heterocycles. The first-order chi connectivity index (χ1) is 8.97. The smallest absolute Gasteiger partial charge is 0.139 e. The average molecular weight is 324 g/mol. The highest BCUT2D eigenvalue weighted by Gasteiger charge is 2.06. The van der Waals surface area contributed by atoms with E-state index in [0.717, 1.165) is 11.4 Å². The van der Waals surface area contributed by atoms with Crippen molar-refractivity contribution >= 4 is 38.7 Å². The molecule has 2 rings (SSSR count). The van der Waals surface area contributed by atoms with Crippen LogP contribution in [0.1, 0.15) is 0 Å². The number of benzene rings is 2. The summed E-state index contributed by atoms with van der Waals surface area (Å²) in [5, 5.41) is 3.17. The molecule has 0 aliphatic heterocycles. The number of nitrogens with two attached hydrogens (primary N) is 1. The molecule has 0 fully saturated rings.